The SMILES string of the molecule is O=C1/C(=C\c2ccc(-c3ccc(N(c4ccc(-c5ccc(/C=C/c6cccs6)s5)cc4)c4ccc(-c5ccc(/C=C/c6cccs6)s5)cc4)cc3)s2)Oc2ccccc21. The van der Waals surface area contributed by atoms with Gasteiger partial charge in [-0.15, -0.1) is 56.7 Å². The number of para-hydroxylation sites is 1. The van der Waals surface area contributed by atoms with Gasteiger partial charge in [0.2, 0.25) is 5.78 Å². The summed E-state index contributed by atoms with van der Waals surface area (Å²) in [6, 6.07) is 55.3. The van der Waals surface area contributed by atoms with Crippen LogP contribution < -0.4 is 9.64 Å². The monoisotopic (exact) mass is 851 g/mol. The molecule has 0 amide bonds. The summed E-state index contributed by atoms with van der Waals surface area (Å²) < 4.78 is 5.89. The van der Waals surface area contributed by atoms with E-state index in [1.165, 1.54) is 40.4 Å². The Balaban J connectivity index is 0.924. The van der Waals surface area contributed by atoms with Crippen LogP contribution in [0.5, 0.6) is 5.75 Å². The Morgan fingerprint density at radius 3 is 1.32 bits per heavy atom. The number of benzene rings is 4. The zero-order valence-electron chi connectivity index (χ0n) is 31.4. The summed E-state index contributed by atoms with van der Waals surface area (Å²) in [5.74, 6) is 0.894. The number of hydrogen-bond donors (Lipinski definition) is 0. The lowest BCUT2D eigenvalue weighted by Gasteiger charge is -2.26. The average Bonchev–Trinajstić information content (AvgIpc) is 4.14. The van der Waals surface area contributed by atoms with Crippen LogP contribution in [0.4, 0.5) is 17.1 Å². The number of ketones is 1. The van der Waals surface area contributed by atoms with Crippen LogP contribution in [0.25, 0.3) is 61.7 Å². The molecule has 284 valence electrons. The van der Waals surface area contributed by atoms with E-state index in [-0.39, 0.29) is 5.78 Å². The highest BCUT2D eigenvalue weighted by Crippen LogP contribution is 2.41. The molecule has 5 aromatic heterocycles. The number of rotatable bonds is 11. The Morgan fingerprint density at radius 1 is 0.424 bits per heavy atom. The number of hydrogen-bond acceptors (Lipinski definition) is 8. The first-order valence-electron chi connectivity index (χ1n) is 19.0. The molecule has 0 fully saturated rings. The third kappa shape index (κ3) is 8.14. The highest BCUT2D eigenvalue weighted by atomic mass is 32.1. The van der Waals surface area contributed by atoms with Gasteiger partial charge in [0.15, 0.2) is 5.76 Å². The van der Waals surface area contributed by atoms with E-state index in [0.29, 0.717) is 17.1 Å². The molecule has 0 N–H and O–H groups in total. The number of ether oxygens (including phenoxy) is 1. The molecule has 8 heteroatoms. The van der Waals surface area contributed by atoms with E-state index in [4.69, 9.17) is 4.74 Å². The van der Waals surface area contributed by atoms with Crippen LogP contribution >= 0.6 is 56.7 Å². The van der Waals surface area contributed by atoms with Gasteiger partial charge in [0.05, 0.1) is 5.56 Å². The van der Waals surface area contributed by atoms with E-state index < -0.39 is 0 Å². The van der Waals surface area contributed by atoms with Crippen molar-refractivity contribution in [1.29, 1.82) is 0 Å². The molecule has 1 aliphatic heterocycles. The lowest BCUT2D eigenvalue weighted by Crippen LogP contribution is -2.09. The van der Waals surface area contributed by atoms with Gasteiger partial charge in [-0.1, -0.05) is 60.7 Å². The summed E-state index contributed by atoms with van der Waals surface area (Å²) >= 11 is 8.74. The number of carbonyl (C=O) groups excluding carboxylic acids is 1. The molecule has 4 aromatic carbocycles. The van der Waals surface area contributed by atoms with E-state index in [2.05, 4.69) is 167 Å². The summed E-state index contributed by atoms with van der Waals surface area (Å²) in [6.45, 7) is 0. The molecular weight excluding hydrogens is 819 g/mol. The minimum absolute atomic E-state index is 0.0784. The molecule has 9 aromatic rings. The number of thiophene rings is 5. The predicted molar refractivity (Wildman–Crippen MR) is 257 cm³/mol. The third-order valence-electron chi connectivity index (χ3n) is 9.87. The summed E-state index contributed by atoms with van der Waals surface area (Å²) in [5, 5.41) is 4.21. The van der Waals surface area contributed by atoms with E-state index in [1.807, 2.05) is 36.4 Å². The fourth-order valence-electron chi connectivity index (χ4n) is 6.92. The fraction of sp³-hybridized carbons (Fsp3) is 0. The van der Waals surface area contributed by atoms with E-state index in [1.54, 1.807) is 56.7 Å². The van der Waals surface area contributed by atoms with Gasteiger partial charge >= 0.3 is 0 Å². The zero-order valence-corrected chi connectivity index (χ0v) is 35.4. The lowest BCUT2D eigenvalue weighted by atomic mass is 10.1. The van der Waals surface area contributed by atoms with Crippen molar-refractivity contribution in [2.45, 2.75) is 0 Å². The zero-order chi connectivity index (χ0) is 39.5. The fourth-order valence-corrected chi connectivity index (χ4v) is 10.9. The second-order valence-electron chi connectivity index (χ2n) is 13.7. The van der Waals surface area contributed by atoms with Crippen LogP contribution in [-0.2, 0) is 0 Å². The molecule has 0 unspecified atom stereocenters. The molecule has 0 bridgehead atoms. The van der Waals surface area contributed by atoms with Gasteiger partial charge in [-0.25, -0.2) is 0 Å². The second-order valence-corrected chi connectivity index (χ2v) is 19.0. The number of anilines is 3. The number of nitrogens with zero attached hydrogens (tertiary/aromatic N) is 1. The maximum absolute atomic E-state index is 12.9. The molecule has 0 saturated carbocycles. The molecule has 1 aliphatic rings. The lowest BCUT2D eigenvalue weighted by molar-refractivity contribution is 0.101. The molecule has 10 rings (SSSR count). The highest BCUT2D eigenvalue weighted by Gasteiger charge is 2.26. The Labute approximate surface area is 363 Å². The largest absolute Gasteiger partial charge is 0.452 e. The van der Waals surface area contributed by atoms with Gasteiger partial charge in [-0.05, 0) is 149 Å². The van der Waals surface area contributed by atoms with E-state index in [9.17, 15) is 4.79 Å². The van der Waals surface area contributed by atoms with Crippen LogP contribution in [0, 0.1) is 0 Å². The number of carbonyl (C=O) groups is 1. The molecule has 3 nitrogen and oxygen atoms in total. The maximum atomic E-state index is 12.9. The van der Waals surface area contributed by atoms with E-state index >= 15 is 0 Å². The van der Waals surface area contributed by atoms with Gasteiger partial charge < -0.3 is 9.64 Å². The van der Waals surface area contributed by atoms with Crippen molar-refractivity contribution in [2.24, 2.45) is 0 Å². The van der Waals surface area contributed by atoms with Crippen LogP contribution in [0.2, 0.25) is 0 Å². The molecule has 0 aliphatic carbocycles. The summed E-state index contributed by atoms with van der Waals surface area (Å²) in [6.07, 6.45) is 10.6. The van der Waals surface area contributed by atoms with Gasteiger partial charge in [-0.3, -0.25) is 4.79 Å². The third-order valence-corrected chi connectivity index (χ3v) is 14.8. The smallest absolute Gasteiger partial charge is 0.231 e. The van der Waals surface area contributed by atoms with Crippen molar-refractivity contribution in [3.63, 3.8) is 0 Å². The minimum Gasteiger partial charge on any atom is -0.452 e. The average molecular weight is 852 g/mol. The molecule has 0 saturated heterocycles. The van der Waals surface area contributed by atoms with Gasteiger partial charge in [-0.2, -0.15) is 0 Å². The standard InChI is InChI=1S/C51H33NO2S5/c53-51-45-7-1-2-8-46(45)54-47(51)33-44-27-30-50(59-44)36-13-19-39(20-14-36)52(37-15-9-34(10-16-37)48-28-25-42(57-48)23-21-40-5-3-31-55-40)38-17-11-35(12-18-38)49-29-26-43(58-49)24-22-41-6-4-32-56-41/h1-33H/b23-21+,24-22+,47-33+. The van der Waals surface area contributed by atoms with Crippen LogP contribution in [0.15, 0.2) is 174 Å². The quantitative estimate of drug-likeness (QED) is 0.121. The second kappa shape index (κ2) is 16.6. The molecule has 6 heterocycles. The van der Waals surface area contributed by atoms with Crippen molar-refractivity contribution in [1.82, 2.24) is 0 Å². The minimum atomic E-state index is -0.0784. The van der Waals surface area contributed by atoms with Crippen LogP contribution in [0.3, 0.4) is 0 Å². The van der Waals surface area contributed by atoms with E-state index in [0.717, 1.165) is 32.4 Å². The van der Waals surface area contributed by atoms with Crippen LogP contribution in [-0.4, -0.2) is 5.78 Å². The Morgan fingerprint density at radius 2 is 0.864 bits per heavy atom. The molecule has 0 atom stereocenters. The first-order chi connectivity index (χ1) is 29.1. The van der Waals surface area contributed by atoms with Gasteiger partial charge in [0.1, 0.15) is 5.75 Å². The van der Waals surface area contributed by atoms with Crippen molar-refractivity contribution < 1.29 is 9.53 Å². The highest BCUT2D eigenvalue weighted by molar-refractivity contribution is 7.17. The first kappa shape index (κ1) is 37.2. The van der Waals surface area contributed by atoms with Crippen LogP contribution in [0.1, 0.15) is 34.7 Å². The van der Waals surface area contributed by atoms with Gasteiger partial charge in [0.25, 0.3) is 0 Å². The topological polar surface area (TPSA) is 29.5 Å². The van der Waals surface area contributed by atoms with Crippen molar-refractivity contribution in [3.05, 3.63) is 204 Å². The van der Waals surface area contributed by atoms with Crippen molar-refractivity contribution >= 4 is 110 Å². The molecule has 0 radical (unpaired) electrons. The number of fused-ring (bicyclic) bond motifs is 1. The Kier molecular flexibility index (Phi) is 10.5. The first-order valence-corrected chi connectivity index (χ1v) is 23.2. The van der Waals surface area contributed by atoms with Crippen molar-refractivity contribution in [3.8, 4) is 37.1 Å². The summed E-state index contributed by atoms with van der Waals surface area (Å²) in [4.78, 5) is 24.8. The normalized spacial score (nSPS) is 13.2. The molecule has 59 heavy (non-hydrogen) atoms. The maximum Gasteiger partial charge on any atom is 0.231 e. The summed E-state index contributed by atoms with van der Waals surface area (Å²) in [7, 11) is 0. The van der Waals surface area contributed by atoms with Crippen molar-refractivity contribution in [2.75, 3.05) is 4.90 Å². The molecule has 0 spiro atoms. The predicted octanol–water partition coefficient (Wildman–Crippen LogP) is 16.4. The van der Waals surface area contributed by atoms with Gasteiger partial charge in [0, 0.05) is 62.2 Å². The molecular formula is C51H33NO2S5. The number of Topliss-reactive ketones (excluding diaryl/α,β-unsaturated/α-hetero) is 1. The Bertz CT molecular complexity index is 2830. The summed E-state index contributed by atoms with van der Waals surface area (Å²) in [5.41, 5.74) is 7.32. The Hall–Kier alpha value is -6.13. The number of allylic oxidation sites excluding steroid dienone is 1.